The molecule has 1 rings (SSSR count). The first-order chi connectivity index (χ1) is 6.41. The Morgan fingerprint density at radius 1 is 0.923 bits per heavy atom. The Morgan fingerprint density at radius 2 is 1.46 bits per heavy atom. The molecule has 4 N–H and O–H groups in total. The Morgan fingerprint density at radius 3 is 1.77 bits per heavy atom. The van der Waals surface area contributed by atoms with E-state index in [2.05, 4.69) is 17.6 Å². The van der Waals surface area contributed by atoms with Crippen molar-refractivity contribution in [2.75, 3.05) is 32.7 Å². The van der Waals surface area contributed by atoms with E-state index in [9.17, 15) is 0 Å². The number of hydrogen-bond donors (Lipinski definition) is 3. The highest BCUT2D eigenvalue weighted by Crippen LogP contribution is 1.95. The molecule has 1 heterocycles. The van der Waals surface area contributed by atoms with Crippen LogP contribution in [0.2, 0.25) is 0 Å². The number of unbranched alkanes of at least 4 members (excludes halogenated alkanes) is 3. The quantitative estimate of drug-likeness (QED) is 0.568. The van der Waals surface area contributed by atoms with Crippen molar-refractivity contribution in [2.24, 2.45) is 5.73 Å². The molecule has 3 nitrogen and oxygen atoms in total. The predicted molar refractivity (Wildman–Crippen MR) is 58.9 cm³/mol. The van der Waals surface area contributed by atoms with E-state index in [0.717, 1.165) is 32.7 Å². The molecule has 0 saturated carbocycles. The average Bonchev–Trinajstić information content (AvgIpc) is 2.22. The van der Waals surface area contributed by atoms with E-state index in [-0.39, 0.29) is 0 Å². The van der Waals surface area contributed by atoms with E-state index >= 15 is 0 Å². The molecule has 0 atom stereocenters. The van der Waals surface area contributed by atoms with Crippen molar-refractivity contribution in [3.05, 3.63) is 0 Å². The molecule has 1 aliphatic heterocycles. The predicted octanol–water partition coefficient (Wildman–Crippen LogP) is 0.705. The van der Waals surface area contributed by atoms with Gasteiger partial charge in [-0.05, 0) is 13.0 Å². The summed E-state index contributed by atoms with van der Waals surface area (Å²) in [5.74, 6) is 0. The summed E-state index contributed by atoms with van der Waals surface area (Å²) >= 11 is 0. The first-order valence-corrected chi connectivity index (χ1v) is 5.53. The maximum Gasteiger partial charge on any atom is 0.00772 e. The molecule has 0 aliphatic carbocycles. The molecule has 0 amide bonds. The van der Waals surface area contributed by atoms with Gasteiger partial charge in [0.05, 0.1) is 0 Å². The number of piperazine rings is 1. The van der Waals surface area contributed by atoms with E-state index in [4.69, 9.17) is 5.73 Å². The van der Waals surface area contributed by atoms with Gasteiger partial charge in [-0.1, -0.05) is 26.2 Å². The molecule has 0 aromatic heterocycles. The Balaban J connectivity index is 0.000000223. The van der Waals surface area contributed by atoms with Crippen molar-refractivity contribution in [3.63, 3.8) is 0 Å². The van der Waals surface area contributed by atoms with Crippen molar-refractivity contribution < 1.29 is 0 Å². The van der Waals surface area contributed by atoms with E-state index in [0.29, 0.717) is 0 Å². The van der Waals surface area contributed by atoms with Gasteiger partial charge in [0.1, 0.15) is 0 Å². The first kappa shape index (κ1) is 12.9. The zero-order valence-corrected chi connectivity index (χ0v) is 8.94. The standard InChI is InChI=1S/C6H15N.C4H10N2/c1-2-3-4-5-6-7;1-2-6-4-3-5-1/h2-7H2,1H3;5-6H,1-4H2. The van der Waals surface area contributed by atoms with Crippen LogP contribution in [0.3, 0.4) is 0 Å². The summed E-state index contributed by atoms with van der Waals surface area (Å²) in [6, 6.07) is 0. The summed E-state index contributed by atoms with van der Waals surface area (Å²) in [6.45, 7) is 7.62. The molecular formula is C10H25N3. The number of nitrogens with two attached hydrogens (primary N) is 1. The minimum Gasteiger partial charge on any atom is -0.330 e. The van der Waals surface area contributed by atoms with Gasteiger partial charge in [-0.2, -0.15) is 0 Å². The van der Waals surface area contributed by atoms with Gasteiger partial charge in [0.15, 0.2) is 0 Å². The van der Waals surface area contributed by atoms with Crippen molar-refractivity contribution in [1.29, 1.82) is 0 Å². The van der Waals surface area contributed by atoms with Crippen molar-refractivity contribution in [2.45, 2.75) is 32.6 Å². The van der Waals surface area contributed by atoms with E-state index in [1.54, 1.807) is 0 Å². The van der Waals surface area contributed by atoms with Gasteiger partial charge in [0, 0.05) is 26.2 Å². The van der Waals surface area contributed by atoms with E-state index in [1.165, 1.54) is 25.7 Å². The molecule has 0 bridgehead atoms. The van der Waals surface area contributed by atoms with Gasteiger partial charge in [-0.15, -0.1) is 0 Å². The fourth-order valence-corrected chi connectivity index (χ4v) is 1.17. The number of hydrogen-bond acceptors (Lipinski definition) is 3. The van der Waals surface area contributed by atoms with Gasteiger partial charge in [-0.3, -0.25) is 0 Å². The lowest BCUT2D eigenvalue weighted by atomic mass is 10.2. The summed E-state index contributed by atoms with van der Waals surface area (Å²) < 4.78 is 0. The molecular weight excluding hydrogens is 162 g/mol. The number of nitrogens with one attached hydrogen (secondary N) is 2. The Bertz CT molecular complexity index is 66.7. The number of rotatable bonds is 4. The molecule has 0 spiro atoms. The van der Waals surface area contributed by atoms with Crippen LogP contribution < -0.4 is 16.4 Å². The molecule has 0 unspecified atom stereocenters. The van der Waals surface area contributed by atoms with Crippen LogP contribution >= 0.6 is 0 Å². The minimum atomic E-state index is 0.861. The molecule has 0 aromatic rings. The summed E-state index contributed by atoms with van der Waals surface area (Å²) in [4.78, 5) is 0. The lowest BCUT2D eigenvalue weighted by Crippen LogP contribution is -2.39. The SMILES string of the molecule is C1CNCCN1.CCCCCCN. The normalized spacial score (nSPS) is 16.2. The third-order valence-corrected chi connectivity index (χ3v) is 2.01. The fourth-order valence-electron chi connectivity index (χ4n) is 1.17. The van der Waals surface area contributed by atoms with Crippen LogP contribution in [0.4, 0.5) is 0 Å². The van der Waals surface area contributed by atoms with E-state index < -0.39 is 0 Å². The van der Waals surface area contributed by atoms with Crippen LogP contribution in [0.15, 0.2) is 0 Å². The molecule has 3 heteroatoms. The Kier molecular flexibility index (Phi) is 11.8. The molecule has 80 valence electrons. The topological polar surface area (TPSA) is 50.1 Å². The molecule has 1 fully saturated rings. The zero-order valence-electron chi connectivity index (χ0n) is 8.94. The van der Waals surface area contributed by atoms with Crippen LogP contribution in [0, 0.1) is 0 Å². The lowest BCUT2D eigenvalue weighted by Gasteiger charge is -2.11. The smallest absolute Gasteiger partial charge is 0.00772 e. The highest BCUT2D eigenvalue weighted by atomic mass is 15.0. The molecule has 1 aliphatic rings. The third kappa shape index (κ3) is 11.9. The van der Waals surface area contributed by atoms with Crippen LogP contribution in [0.1, 0.15) is 32.6 Å². The van der Waals surface area contributed by atoms with Gasteiger partial charge in [0.25, 0.3) is 0 Å². The van der Waals surface area contributed by atoms with E-state index in [1.807, 2.05) is 0 Å². The third-order valence-electron chi connectivity index (χ3n) is 2.01. The summed E-state index contributed by atoms with van der Waals surface area (Å²) in [6.07, 6.45) is 5.16. The van der Waals surface area contributed by atoms with Crippen LogP contribution in [-0.2, 0) is 0 Å². The van der Waals surface area contributed by atoms with Gasteiger partial charge in [-0.25, -0.2) is 0 Å². The van der Waals surface area contributed by atoms with Gasteiger partial charge < -0.3 is 16.4 Å². The lowest BCUT2D eigenvalue weighted by molar-refractivity contribution is 0.534. The van der Waals surface area contributed by atoms with Crippen LogP contribution in [0.5, 0.6) is 0 Å². The van der Waals surface area contributed by atoms with Crippen LogP contribution in [-0.4, -0.2) is 32.7 Å². The monoisotopic (exact) mass is 187 g/mol. The Hall–Kier alpha value is -0.120. The fraction of sp³-hybridized carbons (Fsp3) is 1.00. The maximum absolute atomic E-state index is 5.27. The average molecular weight is 187 g/mol. The summed E-state index contributed by atoms with van der Waals surface area (Å²) in [7, 11) is 0. The molecule has 0 aromatic carbocycles. The van der Waals surface area contributed by atoms with Crippen molar-refractivity contribution in [1.82, 2.24) is 10.6 Å². The highest BCUT2D eigenvalue weighted by Gasteiger charge is 1.91. The van der Waals surface area contributed by atoms with Crippen molar-refractivity contribution >= 4 is 0 Å². The molecule has 0 radical (unpaired) electrons. The largest absolute Gasteiger partial charge is 0.330 e. The Labute approximate surface area is 82.5 Å². The summed E-state index contributed by atoms with van der Waals surface area (Å²) in [5.41, 5.74) is 5.27. The molecule has 13 heavy (non-hydrogen) atoms. The van der Waals surface area contributed by atoms with Gasteiger partial charge >= 0.3 is 0 Å². The van der Waals surface area contributed by atoms with Crippen molar-refractivity contribution in [3.8, 4) is 0 Å². The van der Waals surface area contributed by atoms with Crippen LogP contribution in [0.25, 0.3) is 0 Å². The second kappa shape index (κ2) is 11.9. The highest BCUT2D eigenvalue weighted by molar-refractivity contribution is 4.59. The second-order valence-electron chi connectivity index (χ2n) is 3.35. The van der Waals surface area contributed by atoms with Gasteiger partial charge in [0.2, 0.25) is 0 Å². The second-order valence-corrected chi connectivity index (χ2v) is 3.35. The maximum atomic E-state index is 5.27. The first-order valence-electron chi connectivity index (χ1n) is 5.53. The summed E-state index contributed by atoms with van der Waals surface area (Å²) in [5, 5.41) is 6.44. The minimum absolute atomic E-state index is 0.861. The zero-order chi connectivity index (χ0) is 9.78. The molecule has 1 saturated heterocycles.